The van der Waals surface area contributed by atoms with Crippen LogP contribution >= 0.6 is 11.8 Å². The van der Waals surface area contributed by atoms with Crippen molar-refractivity contribution in [3.05, 3.63) is 95.1 Å². The summed E-state index contributed by atoms with van der Waals surface area (Å²) in [6.45, 7) is 0.384. The molecule has 4 aromatic rings. The highest BCUT2D eigenvalue weighted by Gasteiger charge is 2.32. The van der Waals surface area contributed by atoms with Crippen molar-refractivity contribution in [3.63, 3.8) is 0 Å². The second-order valence-corrected chi connectivity index (χ2v) is 12.4. The van der Waals surface area contributed by atoms with Gasteiger partial charge in [-0.15, -0.1) is 5.10 Å². The minimum atomic E-state index is -0.587. The number of aliphatic hydroxyl groups is 1. The van der Waals surface area contributed by atoms with Crippen molar-refractivity contribution >= 4 is 23.6 Å². The first-order valence-corrected chi connectivity index (χ1v) is 16.7. The molecule has 3 atom stereocenters. The number of hydrogen-bond acceptors (Lipinski definition) is 10. The van der Waals surface area contributed by atoms with Gasteiger partial charge in [0, 0.05) is 44.2 Å². The Kier molecular flexibility index (Phi) is 12.5. The Hall–Kier alpha value is -4.14. The van der Waals surface area contributed by atoms with Gasteiger partial charge in [0.2, 0.25) is 17.0 Å². The highest BCUT2D eigenvalue weighted by atomic mass is 32.2. The Morgan fingerprint density at radius 1 is 0.936 bits per heavy atom. The van der Waals surface area contributed by atoms with Crippen molar-refractivity contribution in [3.8, 4) is 11.1 Å². The molecular formula is C34H40N6O6S. The Balaban J connectivity index is 1.23. The second kappa shape index (κ2) is 17.1. The van der Waals surface area contributed by atoms with Gasteiger partial charge in [0.05, 0.1) is 18.8 Å². The lowest BCUT2D eigenvalue weighted by atomic mass is 9.97. The van der Waals surface area contributed by atoms with Crippen LogP contribution in [0.5, 0.6) is 0 Å². The summed E-state index contributed by atoms with van der Waals surface area (Å²) in [6.07, 6.45) is 2.38. The second-order valence-electron chi connectivity index (χ2n) is 11.4. The molecule has 0 aliphatic carbocycles. The van der Waals surface area contributed by atoms with E-state index in [0.29, 0.717) is 43.1 Å². The predicted molar refractivity (Wildman–Crippen MR) is 175 cm³/mol. The number of aromatic nitrogens is 4. The van der Waals surface area contributed by atoms with E-state index >= 15 is 0 Å². The van der Waals surface area contributed by atoms with Gasteiger partial charge in [0.1, 0.15) is 0 Å². The third kappa shape index (κ3) is 9.69. The smallest absolute Gasteiger partial charge is 0.243 e. The summed E-state index contributed by atoms with van der Waals surface area (Å²) in [5.41, 5.74) is 7.41. The van der Waals surface area contributed by atoms with Gasteiger partial charge >= 0.3 is 0 Å². The number of aryl methyl sites for hydroxylation is 1. The molecule has 5 rings (SSSR count). The summed E-state index contributed by atoms with van der Waals surface area (Å²) in [4.78, 5) is 23.6. The fourth-order valence-corrected chi connectivity index (χ4v) is 6.26. The molecule has 47 heavy (non-hydrogen) atoms. The number of hydrogen-bond donors (Lipinski definition) is 4. The zero-order chi connectivity index (χ0) is 33.0. The Morgan fingerprint density at radius 3 is 2.36 bits per heavy atom. The van der Waals surface area contributed by atoms with E-state index in [1.54, 1.807) is 10.2 Å². The van der Waals surface area contributed by atoms with E-state index in [1.165, 1.54) is 11.8 Å². The van der Waals surface area contributed by atoms with Crippen molar-refractivity contribution < 1.29 is 29.4 Å². The lowest BCUT2D eigenvalue weighted by molar-refractivity contribution is -0.245. The lowest BCUT2D eigenvalue weighted by Crippen LogP contribution is -2.31. The maximum atomic E-state index is 12.5. The fourth-order valence-electron chi connectivity index (χ4n) is 5.40. The Bertz CT molecular complexity index is 1600. The number of nitrogens with zero attached hydrogens (tertiary/aromatic N) is 4. The molecule has 13 heteroatoms. The predicted octanol–water partition coefficient (Wildman–Crippen LogP) is 4.78. The number of thioether (sulfide) groups is 1. The molecule has 4 N–H and O–H groups in total. The molecule has 3 aromatic carbocycles. The van der Waals surface area contributed by atoms with Crippen LogP contribution in [0.3, 0.4) is 0 Å². The number of carbonyl (C=O) groups is 2. The molecule has 0 saturated carbocycles. The Labute approximate surface area is 277 Å². The number of rotatable bonds is 15. The van der Waals surface area contributed by atoms with Crippen LogP contribution in [0.25, 0.3) is 11.1 Å². The molecule has 0 spiro atoms. The van der Waals surface area contributed by atoms with E-state index in [2.05, 4.69) is 20.8 Å². The molecule has 0 bridgehead atoms. The quantitative estimate of drug-likeness (QED) is 0.0605. The van der Waals surface area contributed by atoms with Gasteiger partial charge in [0.15, 0.2) is 6.29 Å². The van der Waals surface area contributed by atoms with Crippen molar-refractivity contribution in [2.75, 3.05) is 5.75 Å². The fraction of sp³-hybridized carbons (Fsp3) is 0.382. The third-order valence-corrected chi connectivity index (χ3v) is 9.16. The van der Waals surface area contributed by atoms with Crippen LogP contribution in [-0.2, 0) is 39.3 Å². The van der Waals surface area contributed by atoms with Crippen LogP contribution < -0.4 is 10.8 Å². The van der Waals surface area contributed by atoms with E-state index < -0.39 is 12.2 Å². The lowest BCUT2D eigenvalue weighted by Gasteiger charge is -2.36. The number of unbranched alkanes of at least 4 members (excludes halogenated alkanes) is 2. The standard InChI is InChI=1S/C34H40N6O6S/c1-40-34(36-38-39-40)47-22-28-19-30(25-13-11-23(21-41)12-14-25)46-33(45-28)26-17-15-24(16-18-26)29-8-6-5-7-27(29)20-35-31(42)9-3-2-4-10-32(43)37-44/h5-8,11-18,28,30,33,41,44H,2-4,9-10,19-22H2,1H3,(H,35,42)(H,37,43)/t28-,30+,33+/m0/s1. The van der Waals surface area contributed by atoms with Crippen LogP contribution in [0.15, 0.2) is 78.0 Å². The van der Waals surface area contributed by atoms with Gasteiger partial charge in [-0.25, -0.2) is 10.2 Å². The van der Waals surface area contributed by atoms with Gasteiger partial charge in [0.25, 0.3) is 0 Å². The number of amides is 2. The van der Waals surface area contributed by atoms with Crippen LogP contribution in [0.1, 0.15) is 73.2 Å². The molecule has 1 fully saturated rings. The van der Waals surface area contributed by atoms with Crippen LogP contribution in [-0.4, -0.2) is 54.2 Å². The zero-order valence-corrected chi connectivity index (χ0v) is 27.1. The van der Waals surface area contributed by atoms with Crippen molar-refractivity contribution in [2.45, 2.75) is 75.3 Å². The van der Waals surface area contributed by atoms with Gasteiger partial charge in [-0.1, -0.05) is 91.0 Å². The summed E-state index contributed by atoms with van der Waals surface area (Å²) in [5, 5.41) is 33.5. The molecule has 1 aliphatic heterocycles. The molecule has 0 radical (unpaired) electrons. The number of hydroxylamine groups is 1. The zero-order valence-electron chi connectivity index (χ0n) is 26.2. The number of ether oxygens (including phenoxy) is 2. The topological polar surface area (TPSA) is 161 Å². The SMILES string of the molecule is Cn1nnnc1SC[C@@H]1C[C@H](c2ccc(CO)cc2)O[C@H](c2ccc(-c3ccccc3CNC(=O)CCCCCC(=O)NO)cc2)O1. The van der Waals surface area contributed by atoms with Crippen LogP contribution in [0.4, 0.5) is 0 Å². The number of aliphatic hydroxyl groups excluding tert-OH is 1. The maximum Gasteiger partial charge on any atom is 0.243 e. The Morgan fingerprint density at radius 2 is 1.66 bits per heavy atom. The first kappa shape index (κ1) is 34.2. The summed E-state index contributed by atoms with van der Waals surface area (Å²) in [7, 11) is 1.81. The van der Waals surface area contributed by atoms with E-state index in [9.17, 15) is 14.7 Å². The van der Waals surface area contributed by atoms with Crippen LogP contribution in [0.2, 0.25) is 0 Å². The summed E-state index contributed by atoms with van der Waals surface area (Å²) in [5.74, 6) is 0.192. The van der Waals surface area contributed by atoms with Gasteiger partial charge in [-0.05, 0) is 51.1 Å². The highest BCUT2D eigenvalue weighted by Crippen LogP contribution is 2.39. The average molecular weight is 661 g/mol. The number of tetrazole rings is 1. The normalized spacial score (nSPS) is 17.7. The van der Waals surface area contributed by atoms with E-state index in [-0.39, 0.29) is 31.1 Å². The van der Waals surface area contributed by atoms with Gasteiger partial charge in [-0.2, -0.15) is 0 Å². The largest absolute Gasteiger partial charge is 0.392 e. The number of nitrogens with one attached hydrogen (secondary N) is 2. The van der Waals surface area contributed by atoms with Crippen molar-refractivity contribution in [1.82, 2.24) is 31.0 Å². The monoisotopic (exact) mass is 660 g/mol. The summed E-state index contributed by atoms with van der Waals surface area (Å²) in [6, 6.07) is 23.9. The first-order valence-electron chi connectivity index (χ1n) is 15.7. The third-order valence-electron chi connectivity index (χ3n) is 8.01. The van der Waals surface area contributed by atoms with E-state index in [0.717, 1.165) is 39.8 Å². The van der Waals surface area contributed by atoms with Crippen molar-refractivity contribution in [2.24, 2.45) is 7.05 Å². The molecular weight excluding hydrogens is 620 g/mol. The van der Waals surface area contributed by atoms with Crippen molar-refractivity contribution in [1.29, 1.82) is 0 Å². The first-order chi connectivity index (χ1) is 22.9. The molecule has 1 aliphatic rings. The highest BCUT2D eigenvalue weighted by molar-refractivity contribution is 7.99. The maximum absolute atomic E-state index is 12.5. The average Bonchev–Trinajstić information content (AvgIpc) is 3.53. The summed E-state index contributed by atoms with van der Waals surface area (Å²) < 4.78 is 14.6. The minimum absolute atomic E-state index is 0.0144. The van der Waals surface area contributed by atoms with Gasteiger partial charge in [-0.3, -0.25) is 14.8 Å². The van der Waals surface area contributed by atoms with E-state index in [1.807, 2.05) is 79.8 Å². The van der Waals surface area contributed by atoms with Crippen LogP contribution in [0, 0.1) is 0 Å². The molecule has 0 unspecified atom stereocenters. The molecule has 1 saturated heterocycles. The molecule has 2 heterocycles. The summed E-state index contributed by atoms with van der Waals surface area (Å²) >= 11 is 1.54. The van der Waals surface area contributed by atoms with E-state index in [4.69, 9.17) is 14.7 Å². The minimum Gasteiger partial charge on any atom is -0.392 e. The van der Waals surface area contributed by atoms with Gasteiger partial charge < -0.3 is 19.9 Å². The molecule has 248 valence electrons. The number of benzene rings is 3. The molecule has 1 aromatic heterocycles. The molecule has 12 nitrogen and oxygen atoms in total. The molecule has 2 amide bonds. The number of carbonyl (C=O) groups excluding carboxylic acids is 2.